The van der Waals surface area contributed by atoms with Crippen molar-refractivity contribution in [3.8, 4) is 0 Å². The van der Waals surface area contributed by atoms with E-state index in [2.05, 4.69) is 56.4 Å². The summed E-state index contributed by atoms with van der Waals surface area (Å²) >= 11 is 0. The Morgan fingerprint density at radius 3 is 0.889 bits per heavy atom. The lowest BCUT2D eigenvalue weighted by Crippen LogP contribution is -2.34. The Kier molecular flexibility index (Phi) is 72.1. The third-order valence-corrected chi connectivity index (χ3v) is 23.4. The number of carbonyl (C=O) groups excluding carboxylic acids is 5. The van der Waals surface area contributed by atoms with E-state index in [0.717, 1.165) is 125 Å². The number of ether oxygens (including phenoxy) is 5. The van der Waals surface area contributed by atoms with E-state index in [1.54, 1.807) is 32.4 Å². The molecular formula is C71H137N3O10S6. The lowest BCUT2D eigenvalue weighted by atomic mass is 9.94. The minimum atomic E-state index is -0.232. The van der Waals surface area contributed by atoms with Crippen LogP contribution in [0.2, 0.25) is 0 Å². The number of esters is 5. The average Bonchev–Trinajstić information content (AvgIpc) is 3.71. The van der Waals surface area contributed by atoms with Crippen molar-refractivity contribution >= 4 is 94.6 Å². The van der Waals surface area contributed by atoms with E-state index in [-0.39, 0.29) is 61.4 Å². The van der Waals surface area contributed by atoms with Gasteiger partial charge in [0, 0.05) is 60.7 Å². The second-order valence-electron chi connectivity index (χ2n) is 24.5. The van der Waals surface area contributed by atoms with Gasteiger partial charge in [-0.1, -0.05) is 260 Å². The second kappa shape index (κ2) is 72.6. The molecule has 0 aromatic rings. The van der Waals surface area contributed by atoms with Crippen molar-refractivity contribution in [2.24, 2.45) is 5.92 Å². The highest BCUT2D eigenvalue weighted by Crippen LogP contribution is 2.26. The molecular weight excluding hydrogens is 1250 g/mol. The molecule has 0 aliphatic rings. The molecule has 1 unspecified atom stereocenters. The summed E-state index contributed by atoms with van der Waals surface area (Å²) in [4.78, 5) is 71.6. The maximum absolute atomic E-state index is 13.1. The van der Waals surface area contributed by atoms with Crippen molar-refractivity contribution in [1.29, 1.82) is 0 Å². The van der Waals surface area contributed by atoms with Crippen molar-refractivity contribution in [3.63, 3.8) is 0 Å². The summed E-state index contributed by atoms with van der Waals surface area (Å²) in [5.74, 6) is 4.87. The number of carbonyl (C=O) groups is 5. The molecule has 0 bridgehead atoms. The average molecular weight is 1390 g/mol. The van der Waals surface area contributed by atoms with Crippen LogP contribution >= 0.6 is 64.8 Å². The van der Waals surface area contributed by atoms with Crippen LogP contribution < -0.4 is 0 Å². The van der Waals surface area contributed by atoms with Crippen LogP contribution in [0.4, 0.5) is 0 Å². The van der Waals surface area contributed by atoms with Gasteiger partial charge in [0.25, 0.3) is 0 Å². The van der Waals surface area contributed by atoms with Crippen LogP contribution in [0.25, 0.3) is 0 Å². The van der Waals surface area contributed by atoms with Gasteiger partial charge >= 0.3 is 29.8 Å². The Bertz CT molecular complexity index is 1560. The zero-order chi connectivity index (χ0) is 65.7. The Hall–Kier alpha value is -0.670. The van der Waals surface area contributed by atoms with Crippen LogP contribution in [0.15, 0.2) is 0 Å². The van der Waals surface area contributed by atoms with Crippen LogP contribution in [-0.4, -0.2) is 172 Å². The third-order valence-electron chi connectivity index (χ3n) is 16.0. The van der Waals surface area contributed by atoms with E-state index in [4.69, 9.17) is 23.7 Å². The zero-order valence-corrected chi connectivity index (χ0v) is 63.6. The number of unbranched alkanes of at least 4 members (excludes halogenated alkanes) is 26. The standard InChI is InChI=1S/C71H137N3O10S6/c1-7-12-17-22-26-33-42-66(41-32-21-16-11-5)71(79)84-56-35-28-27-34-55-80-67(75)43-51-73(52-44-68(76)81-57-63-88-85-60-36-29-23-18-13-8-2)49-39-47-72(6)48-40-50-74(53-45-69(77)82-58-64-89-86-61-37-30-24-19-14-9-3)54-46-70(78)83-59-65-90-87-62-38-31-25-20-15-10-4/h66H,7-65H2,1-6H3. The maximum atomic E-state index is 13.1. The first-order chi connectivity index (χ1) is 44.1. The van der Waals surface area contributed by atoms with Gasteiger partial charge in [-0.3, -0.25) is 24.0 Å². The van der Waals surface area contributed by atoms with E-state index in [1.165, 1.54) is 167 Å². The number of hydrogen-bond donors (Lipinski definition) is 0. The molecule has 532 valence electrons. The predicted octanol–water partition coefficient (Wildman–Crippen LogP) is 19.7. The summed E-state index contributed by atoms with van der Waals surface area (Å²) < 4.78 is 28.4. The maximum Gasteiger partial charge on any atom is 0.308 e. The SMILES string of the molecule is CCCCCCCCSSCCOC(=O)CCN(CCCN(C)CCCN(CCC(=O)OCCSSCCCCCCCC)CCC(=O)OCCSSCCCCCCCC)CCC(=O)OCCCCCCOC(=O)C(CCCCCC)CCCCCCCC. The molecule has 0 aromatic carbocycles. The second-order valence-corrected chi connectivity index (χ2v) is 32.6. The fourth-order valence-corrected chi connectivity index (χ4v) is 16.3. The van der Waals surface area contributed by atoms with Gasteiger partial charge in [0.05, 0.1) is 44.8 Å². The highest BCUT2D eigenvalue weighted by molar-refractivity contribution is 8.77. The molecule has 90 heavy (non-hydrogen) atoms. The molecule has 19 heteroatoms. The number of rotatable bonds is 73. The predicted molar refractivity (Wildman–Crippen MR) is 396 cm³/mol. The molecule has 1 atom stereocenters. The molecule has 0 rings (SSSR count). The van der Waals surface area contributed by atoms with Gasteiger partial charge in [0.1, 0.15) is 19.8 Å². The Balaban J connectivity index is 5.22. The minimum Gasteiger partial charge on any atom is -0.466 e. The topological polar surface area (TPSA) is 141 Å². The largest absolute Gasteiger partial charge is 0.466 e. The smallest absolute Gasteiger partial charge is 0.308 e. The third kappa shape index (κ3) is 66.0. The van der Waals surface area contributed by atoms with Crippen LogP contribution in [0, 0.1) is 5.92 Å². The summed E-state index contributed by atoms with van der Waals surface area (Å²) in [6.07, 6.45) is 43.4. The lowest BCUT2D eigenvalue weighted by molar-refractivity contribution is -0.149. The molecule has 0 spiro atoms. The molecule has 13 nitrogen and oxygen atoms in total. The molecule has 0 amide bonds. The van der Waals surface area contributed by atoms with Gasteiger partial charge in [-0.05, 0) is 104 Å². The first kappa shape index (κ1) is 89.3. The molecule has 0 saturated carbocycles. The fourth-order valence-electron chi connectivity index (χ4n) is 10.3. The van der Waals surface area contributed by atoms with Crippen molar-refractivity contribution < 1.29 is 47.7 Å². The zero-order valence-electron chi connectivity index (χ0n) is 58.7. The van der Waals surface area contributed by atoms with Crippen molar-refractivity contribution in [3.05, 3.63) is 0 Å². The summed E-state index contributed by atoms with van der Waals surface area (Å²) in [5, 5.41) is 0. The van der Waals surface area contributed by atoms with Gasteiger partial charge in [-0.2, -0.15) is 0 Å². The Morgan fingerprint density at radius 1 is 0.278 bits per heavy atom. The quantitative estimate of drug-likeness (QED) is 0.0246. The fraction of sp³-hybridized carbons (Fsp3) is 0.930. The highest BCUT2D eigenvalue weighted by atomic mass is 33.1. The molecule has 0 fully saturated rings. The molecule has 0 aliphatic heterocycles. The van der Waals surface area contributed by atoms with Gasteiger partial charge < -0.3 is 38.4 Å². The molecule has 0 heterocycles. The van der Waals surface area contributed by atoms with Crippen LogP contribution in [-0.2, 0) is 47.7 Å². The van der Waals surface area contributed by atoms with E-state index in [0.29, 0.717) is 59.2 Å². The Labute approximate surface area is 577 Å². The minimum absolute atomic E-state index is 0.0165. The normalized spacial score (nSPS) is 11.9. The number of hydrogen-bond acceptors (Lipinski definition) is 19. The summed E-state index contributed by atoms with van der Waals surface area (Å²) in [6, 6.07) is 0. The van der Waals surface area contributed by atoms with Crippen LogP contribution in [0.1, 0.15) is 291 Å². The van der Waals surface area contributed by atoms with Gasteiger partial charge in [-0.15, -0.1) is 0 Å². The van der Waals surface area contributed by atoms with Gasteiger partial charge in [0.15, 0.2) is 0 Å². The first-order valence-electron chi connectivity index (χ1n) is 36.7. The molecule has 0 saturated heterocycles. The Morgan fingerprint density at radius 2 is 0.544 bits per heavy atom. The first-order valence-corrected chi connectivity index (χ1v) is 44.2. The van der Waals surface area contributed by atoms with Crippen LogP contribution in [0.5, 0.6) is 0 Å². The van der Waals surface area contributed by atoms with Crippen molar-refractivity contribution in [2.45, 2.75) is 291 Å². The molecule has 0 aliphatic carbocycles. The van der Waals surface area contributed by atoms with E-state index in [9.17, 15) is 24.0 Å². The summed E-state index contributed by atoms with van der Waals surface area (Å²) in [5.41, 5.74) is 0. The molecule has 0 aromatic heterocycles. The van der Waals surface area contributed by atoms with Crippen molar-refractivity contribution in [2.75, 3.05) is 127 Å². The van der Waals surface area contributed by atoms with Gasteiger partial charge in [-0.25, -0.2) is 0 Å². The monoisotopic (exact) mass is 1380 g/mol. The number of nitrogens with zero attached hydrogens (tertiary/aromatic N) is 3. The lowest BCUT2D eigenvalue weighted by Gasteiger charge is -2.25. The van der Waals surface area contributed by atoms with E-state index in [1.807, 2.05) is 32.4 Å². The summed E-state index contributed by atoms with van der Waals surface area (Å²) in [7, 11) is 13.1. The molecule has 0 N–H and O–H groups in total. The van der Waals surface area contributed by atoms with Crippen molar-refractivity contribution in [1.82, 2.24) is 14.7 Å². The van der Waals surface area contributed by atoms with Gasteiger partial charge in [0.2, 0.25) is 0 Å². The van der Waals surface area contributed by atoms with E-state index < -0.39 is 0 Å². The molecule has 0 radical (unpaired) electrons. The summed E-state index contributed by atoms with van der Waals surface area (Å²) in [6.45, 7) is 18.4. The highest BCUT2D eigenvalue weighted by Gasteiger charge is 2.20. The van der Waals surface area contributed by atoms with Crippen LogP contribution in [0.3, 0.4) is 0 Å². The van der Waals surface area contributed by atoms with E-state index >= 15 is 0 Å².